The summed E-state index contributed by atoms with van der Waals surface area (Å²) in [7, 11) is 0. The molecule has 0 bridgehead atoms. The number of esters is 3. The molecule has 16 atom stereocenters. The van der Waals surface area contributed by atoms with Gasteiger partial charge in [-0.05, 0) is 24.6 Å². The fourth-order valence-corrected chi connectivity index (χ4v) is 7.25. The molecule has 0 aromatic heterocycles. The van der Waals surface area contributed by atoms with Crippen LogP contribution in [0.25, 0.3) is 6.08 Å². The number of epoxide rings is 1. The minimum absolute atomic E-state index is 0.510. The average Bonchev–Trinajstić information content (AvgIpc) is 3.78. The second kappa shape index (κ2) is 15.2. The van der Waals surface area contributed by atoms with E-state index in [0.717, 1.165) is 19.4 Å². The molecule has 0 amide bonds. The molecule has 1 aromatic carbocycles. The molecule has 1 unspecified atom stereocenters. The molecule has 5 N–H and O–H groups in total. The Bertz CT molecular complexity index is 1470. The molecule has 3 saturated heterocycles. The highest BCUT2D eigenvalue weighted by Crippen LogP contribution is 2.61. The van der Waals surface area contributed by atoms with Crippen molar-refractivity contribution in [2.45, 2.75) is 106 Å². The molecule has 4 heterocycles. The number of rotatable bonds is 11. The zero-order valence-corrected chi connectivity index (χ0v) is 27.9. The third-order valence-corrected chi connectivity index (χ3v) is 9.68. The van der Waals surface area contributed by atoms with Crippen LogP contribution in [0, 0.1) is 11.8 Å². The second-order valence-electron chi connectivity index (χ2n) is 13.0. The van der Waals surface area contributed by atoms with Crippen molar-refractivity contribution in [1.29, 1.82) is 0 Å². The van der Waals surface area contributed by atoms with Gasteiger partial charge < -0.3 is 68.2 Å². The predicted molar refractivity (Wildman–Crippen MR) is 166 cm³/mol. The zero-order valence-electron chi connectivity index (χ0n) is 27.9. The number of carbonyl (C=O) groups is 3. The van der Waals surface area contributed by atoms with Crippen LogP contribution in [-0.2, 0) is 57.0 Å². The Hall–Kier alpha value is -3.49. The number of fused-ring (bicyclic) bond motifs is 3. The van der Waals surface area contributed by atoms with E-state index in [1.807, 2.05) is 6.07 Å². The van der Waals surface area contributed by atoms with Gasteiger partial charge in [0.2, 0.25) is 6.29 Å². The van der Waals surface area contributed by atoms with E-state index >= 15 is 0 Å². The molecule has 1 aliphatic carbocycles. The number of ether oxygens (including phenoxy) is 9. The summed E-state index contributed by atoms with van der Waals surface area (Å²) in [6.07, 6.45) is -11.4. The van der Waals surface area contributed by atoms with E-state index in [-0.39, 0.29) is 0 Å². The van der Waals surface area contributed by atoms with Gasteiger partial charge in [0.15, 0.2) is 30.9 Å². The fourth-order valence-electron chi connectivity index (χ4n) is 7.25. The van der Waals surface area contributed by atoms with Crippen LogP contribution < -0.4 is 0 Å². The van der Waals surface area contributed by atoms with Crippen molar-refractivity contribution in [1.82, 2.24) is 0 Å². The van der Waals surface area contributed by atoms with Gasteiger partial charge in [-0.1, -0.05) is 30.3 Å². The normalized spacial score (nSPS) is 42.7. The fraction of sp³-hybridized carbons (Fsp3) is 0.618. The van der Waals surface area contributed by atoms with Crippen LogP contribution in [0.15, 0.2) is 48.7 Å². The molecule has 1 aromatic rings. The zero-order chi connectivity index (χ0) is 36.6. The summed E-state index contributed by atoms with van der Waals surface area (Å²) in [5.74, 6) is -3.70. The average molecular weight is 723 g/mol. The van der Waals surface area contributed by atoms with E-state index in [4.69, 9.17) is 42.6 Å². The second-order valence-corrected chi connectivity index (χ2v) is 13.0. The first-order valence-corrected chi connectivity index (χ1v) is 16.5. The van der Waals surface area contributed by atoms with Gasteiger partial charge in [0.1, 0.15) is 36.1 Å². The Kier molecular flexibility index (Phi) is 11.1. The molecule has 4 aliphatic heterocycles. The minimum Gasteiger partial charge on any atom is -0.472 e. The van der Waals surface area contributed by atoms with Gasteiger partial charge in [0.25, 0.3) is 0 Å². The lowest BCUT2D eigenvalue weighted by atomic mass is 9.85. The molecule has 51 heavy (non-hydrogen) atoms. The largest absolute Gasteiger partial charge is 0.472 e. The lowest BCUT2D eigenvalue weighted by Crippen LogP contribution is -2.62. The molecule has 5 aliphatic rings. The van der Waals surface area contributed by atoms with Crippen LogP contribution in [0.5, 0.6) is 0 Å². The van der Waals surface area contributed by atoms with Gasteiger partial charge in [-0.3, -0.25) is 9.59 Å². The molecule has 6 rings (SSSR count). The standard InChI is InChI=1S/C34H42O17/c1-15-26(48-21(39)10-9-18-7-5-4-6-8-18)28(45-16(2)37)29(46-17(3)38)33(44-15)49-27-19-11-12-43-31(22(19)34(14-36)30(27)51-34)50-32-25(42)24(41)23(40)20(13-35)47-32/h4-12,15,19-20,22-33,35-36,40-42H,13-14H2,1-3H3/b10-9+/t15-,19+,20+,22?,23+,24-,25+,26-,27-,28+,29+,30-,31-,32-,33-,34+/m0/s1. The molecule has 17 heteroatoms. The lowest BCUT2D eigenvalue weighted by molar-refractivity contribution is -0.347. The smallest absolute Gasteiger partial charge is 0.331 e. The van der Waals surface area contributed by atoms with Gasteiger partial charge in [-0.2, -0.15) is 0 Å². The van der Waals surface area contributed by atoms with Gasteiger partial charge in [-0.25, -0.2) is 4.79 Å². The van der Waals surface area contributed by atoms with Crippen LogP contribution in [0.4, 0.5) is 0 Å². The van der Waals surface area contributed by atoms with Crippen LogP contribution in [-0.4, -0.2) is 142 Å². The summed E-state index contributed by atoms with van der Waals surface area (Å²) in [5.41, 5.74) is -0.529. The van der Waals surface area contributed by atoms with Crippen LogP contribution >= 0.6 is 0 Å². The summed E-state index contributed by atoms with van der Waals surface area (Å²) >= 11 is 0. The molecule has 17 nitrogen and oxygen atoms in total. The Morgan fingerprint density at radius 3 is 2.20 bits per heavy atom. The predicted octanol–water partition coefficient (Wildman–Crippen LogP) is -1.33. The van der Waals surface area contributed by atoms with Crippen LogP contribution in [0.2, 0.25) is 0 Å². The first kappa shape index (κ1) is 37.3. The highest BCUT2D eigenvalue weighted by Gasteiger charge is 2.77. The first-order valence-electron chi connectivity index (χ1n) is 16.5. The summed E-state index contributed by atoms with van der Waals surface area (Å²) in [6.45, 7) is 2.67. The van der Waals surface area contributed by atoms with Crippen molar-refractivity contribution in [2.75, 3.05) is 13.2 Å². The summed E-state index contributed by atoms with van der Waals surface area (Å²) < 4.78 is 52.6. The molecule has 280 valence electrons. The Labute approximate surface area is 292 Å². The van der Waals surface area contributed by atoms with Crippen molar-refractivity contribution in [2.24, 2.45) is 11.8 Å². The number of carbonyl (C=O) groups excluding carboxylic acids is 3. The summed E-state index contributed by atoms with van der Waals surface area (Å²) in [6, 6.07) is 9.01. The highest BCUT2D eigenvalue weighted by atomic mass is 16.8. The van der Waals surface area contributed by atoms with E-state index in [1.165, 1.54) is 12.3 Å². The van der Waals surface area contributed by atoms with E-state index in [9.17, 15) is 39.9 Å². The molecular formula is C34H42O17. The van der Waals surface area contributed by atoms with Gasteiger partial charge >= 0.3 is 17.9 Å². The molecule has 4 fully saturated rings. The van der Waals surface area contributed by atoms with Crippen molar-refractivity contribution in [3.05, 3.63) is 54.3 Å². The number of hydrogen-bond acceptors (Lipinski definition) is 17. The SMILES string of the molecule is CC(=O)O[C@@H]1[C@@H](OC(=O)/C=C/c2ccccc2)[C@H](C)O[C@@H](O[C@H]2[C@@H]3C=CO[C@@H](O[C@@H]4O[C@H](CO)[C@@H](O)[C@H](O)[C@H]4O)C3[C@@]3(CO)O[C@@H]23)[C@@H]1OC(C)=O. The number of aliphatic hydroxyl groups is 5. The maximum Gasteiger partial charge on any atom is 0.331 e. The summed E-state index contributed by atoms with van der Waals surface area (Å²) in [5, 5.41) is 51.2. The monoisotopic (exact) mass is 722 g/mol. The molecule has 0 radical (unpaired) electrons. The van der Waals surface area contributed by atoms with Gasteiger partial charge in [-0.15, -0.1) is 0 Å². The van der Waals surface area contributed by atoms with E-state index < -0.39 is 128 Å². The molecule has 1 saturated carbocycles. The minimum atomic E-state index is -1.72. The van der Waals surface area contributed by atoms with Gasteiger partial charge in [0.05, 0.1) is 37.6 Å². The maximum absolute atomic E-state index is 12.9. The van der Waals surface area contributed by atoms with Crippen molar-refractivity contribution >= 4 is 24.0 Å². The van der Waals surface area contributed by atoms with Crippen molar-refractivity contribution in [3.63, 3.8) is 0 Å². The molecule has 0 spiro atoms. The van der Waals surface area contributed by atoms with E-state index in [2.05, 4.69) is 0 Å². The Morgan fingerprint density at radius 1 is 0.824 bits per heavy atom. The van der Waals surface area contributed by atoms with Crippen molar-refractivity contribution in [3.8, 4) is 0 Å². The van der Waals surface area contributed by atoms with Crippen LogP contribution in [0.1, 0.15) is 26.3 Å². The number of aliphatic hydroxyl groups excluding tert-OH is 5. The first-order chi connectivity index (χ1) is 24.4. The third-order valence-electron chi connectivity index (χ3n) is 9.68. The maximum atomic E-state index is 12.9. The Balaban J connectivity index is 1.22. The van der Waals surface area contributed by atoms with Crippen molar-refractivity contribution < 1.29 is 82.5 Å². The van der Waals surface area contributed by atoms with E-state index in [1.54, 1.807) is 43.3 Å². The number of benzene rings is 1. The van der Waals surface area contributed by atoms with Crippen LogP contribution in [0.3, 0.4) is 0 Å². The topological polar surface area (TPSA) is 239 Å². The lowest BCUT2D eigenvalue weighted by Gasteiger charge is -2.45. The quantitative estimate of drug-likeness (QED) is 0.0769. The summed E-state index contributed by atoms with van der Waals surface area (Å²) in [4.78, 5) is 37.6. The number of hydrogen-bond donors (Lipinski definition) is 5. The third kappa shape index (κ3) is 7.41. The molecular weight excluding hydrogens is 680 g/mol. The van der Waals surface area contributed by atoms with E-state index in [0.29, 0.717) is 0 Å². The highest BCUT2D eigenvalue weighted by molar-refractivity contribution is 5.87. The van der Waals surface area contributed by atoms with Gasteiger partial charge in [0, 0.05) is 25.8 Å². The Morgan fingerprint density at radius 2 is 1.53 bits per heavy atom.